The number of amides is 3. The van der Waals surface area contributed by atoms with Crippen molar-refractivity contribution in [3.8, 4) is 0 Å². The molecule has 0 radical (unpaired) electrons. The first-order valence-corrected chi connectivity index (χ1v) is 9.89. The normalized spacial score (nSPS) is 21.3. The summed E-state index contributed by atoms with van der Waals surface area (Å²) in [6.45, 7) is 4.85. The van der Waals surface area contributed by atoms with Gasteiger partial charge in [-0.3, -0.25) is 9.69 Å². The molecular formula is C19H30N4O4. The van der Waals surface area contributed by atoms with E-state index in [4.69, 9.17) is 4.42 Å². The lowest BCUT2D eigenvalue weighted by atomic mass is 10.0. The van der Waals surface area contributed by atoms with Gasteiger partial charge in [0.1, 0.15) is 0 Å². The monoisotopic (exact) mass is 378 g/mol. The van der Waals surface area contributed by atoms with Crippen molar-refractivity contribution >= 4 is 11.9 Å². The van der Waals surface area contributed by atoms with Crippen LogP contribution in [0.15, 0.2) is 22.8 Å². The van der Waals surface area contributed by atoms with Crippen molar-refractivity contribution in [1.82, 2.24) is 20.0 Å². The minimum Gasteiger partial charge on any atom is -0.459 e. The van der Waals surface area contributed by atoms with E-state index in [1.54, 1.807) is 21.9 Å². The number of piperidine rings is 1. The van der Waals surface area contributed by atoms with Gasteiger partial charge in [0.05, 0.1) is 12.9 Å². The fourth-order valence-electron chi connectivity index (χ4n) is 3.82. The highest BCUT2D eigenvalue weighted by Gasteiger charge is 2.26. The highest BCUT2D eigenvalue weighted by atomic mass is 16.3. The summed E-state index contributed by atoms with van der Waals surface area (Å²) in [4.78, 5) is 30.4. The molecule has 0 unspecified atom stereocenters. The zero-order valence-corrected chi connectivity index (χ0v) is 15.8. The Kier molecular flexibility index (Phi) is 7.11. The summed E-state index contributed by atoms with van der Waals surface area (Å²) in [7, 11) is 0. The van der Waals surface area contributed by atoms with Gasteiger partial charge in [0, 0.05) is 45.3 Å². The van der Waals surface area contributed by atoms with Crippen LogP contribution in [0.3, 0.4) is 0 Å². The summed E-state index contributed by atoms with van der Waals surface area (Å²) in [5, 5.41) is 12.4. The van der Waals surface area contributed by atoms with E-state index in [1.807, 2.05) is 0 Å². The number of hydrogen-bond donors (Lipinski definition) is 2. The van der Waals surface area contributed by atoms with E-state index in [0.717, 1.165) is 25.9 Å². The SMILES string of the molecule is O=C(NCCCN1CCCC[C@@H]1CO)N1CCN(C(=O)c2ccco2)CC1. The number of aliphatic hydroxyl groups is 1. The van der Waals surface area contributed by atoms with Crippen molar-refractivity contribution in [1.29, 1.82) is 0 Å². The first kappa shape index (κ1) is 19.7. The zero-order valence-electron chi connectivity index (χ0n) is 15.8. The van der Waals surface area contributed by atoms with Gasteiger partial charge in [-0.05, 0) is 37.9 Å². The number of urea groups is 1. The van der Waals surface area contributed by atoms with Crippen molar-refractivity contribution in [2.45, 2.75) is 31.7 Å². The Bertz CT molecular complexity index is 599. The molecule has 0 saturated carbocycles. The number of likely N-dealkylation sites (tertiary alicyclic amines) is 1. The standard InChI is InChI=1S/C19H30N4O4/c24-15-16-5-1-2-8-21(16)9-4-7-20-19(26)23-12-10-22(11-13-23)18(25)17-6-3-14-27-17/h3,6,14,16,24H,1-2,4-5,7-13,15H2,(H,20,26)/t16-/m1/s1. The van der Waals surface area contributed by atoms with Gasteiger partial charge in [0.15, 0.2) is 5.76 Å². The van der Waals surface area contributed by atoms with Crippen LogP contribution in [0.25, 0.3) is 0 Å². The molecule has 3 rings (SSSR count). The quantitative estimate of drug-likeness (QED) is 0.721. The van der Waals surface area contributed by atoms with Crippen molar-refractivity contribution in [2.24, 2.45) is 0 Å². The molecule has 2 aliphatic heterocycles. The van der Waals surface area contributed by atoms with E-state index in [9.17, 15) is 14.7 Å². The molecule has 2 N–H and O–H groups in total. The largest absolute Gasteiger partial charge is 0.459 e. The van der Waals surface area contributed by atoms with Crippen LogP contribution in [0.4, 0.5) is 4.79 Å². The molecule has 27 heavy (non-hydrogen) atoms. The predicted octanol–water partition coefficient (Wildman–Crippen LogP) is 0.984. The number of carbonyl (C=O) groups is 2. The van der Waals surface area contributed by atoms with Gasteiger partial charge in [-0.25, -0.2) is 4.79 Å². The lowest BCUT2D eigenvalue weighted by Crippen LogP contribution is -2.53. The van der Waals surface area contributed by atoms with Crippen LogP contribution in [-0.4, -0.2) is 90.2 Å². The maximum absolute atomic E-state index is 12.3. The van der Waals surface area contributed by atoms with E-state index in [0.29, 0.717) is 38.5 Å². The lowest BCUT2D eigenvalue weighted by molar-refractivity contribution is 0.0633. The van der Waals surface area contributed by atoms with Crippen LogP contribution in [0.1, 0.15) is 36.2 Å². The summed E-state index contributed by atoms with van der Waals surface area (Å²) < 4.78 is 5.15. The predicted molar refractivity (Wildman–Crippen MR) is 100 cm³/mol. The Morgan fingerprint density at radius 3 is 2.63 bits per heavy atom. The summed E-state index contributed by atoms with van der Waals surface area (Å²) in [6.07, 6.45) is 5.80. The van der Waals surface area contributed by atoms with Gasteiger partial charge < -0.3 is 24.6 Å². The summed E-state index contributed by atoms with van der Waals surface area (Å²) >= 11 is 0. The third-order valence-corrected chi connectivity index (χ3v) is 5.44. The Hall–Kier alpha value is -2.06. The molecule has 0 aliphatic carbocycles. The second-order valence-corrected chi connectivity index (χ2v) is 7.21. The molecule has 1 atom stereocenters. The maximum Gasteiger partial charge on any atom is 0.317 e. The van der Waals surface area contributed by atoms with Crippen LogP contribution in [-0.2, 0) is 0 Å². The third-order valence-electron chi connectivity index (χ3n) is 5.44. The third kappa shape index (κ3) is 5.23. The number of aliphatic hydroxyl groups excluding tert-OH is 1. The minimum atomic E-state index is -0.125. The Balaban J connectivity index is 1.33. The first-order valence-electron chi connectivity index (χ1n) is 9.89. The number of hydrogen-bond acceptors (Lipinski definition) is 5. The van der Waals surface area contributed by atoms with Crippen LogP contribution < -0.4 is 5.32 Å². The average Bonchev–Trinajstić information content (AvgIpc) is 3.25. The maximum atomic E-state index is 12.3. The Morgan fingerprint density at radius 2 is 1.93 bits per heavy atom. The highest BCUT2D eigenvalue weighted by molar-refractivity contribution is 5.91. The minimum absolute atomic E-state index is 0.0718. The number of furan rings is 1. The molecule has 3 heterocycles. The van der Waals surface area contributed by atoms with Gasteiger partial charge in [-0.1, -0.05) is 6.42 Å². The van der Waals surface area contributed by atoms with Crippen molar-refractivity contribution in [3.05, 3.63) is 24.2 Å². The van der Waals surface area contributed by atoms with E-state index in [1.165, 1.54) is 19.1 Å². The molecule has 8 heteroatoms. The van der Waals surface area contributed by atoms with Gasteiger partial charge in [0.25, 0.3) is 5.91 Å². The van der Waals surface area contributed by atoms with E-state index in [2.05, 4.69) is 10.2 Å². The fraction of sp³-hybridized carbons (Fsp3) is 0.684. The lowest BCUT2D eigenvalue weighted by Gasteiger charge is -2.35. The molecule has 150 valence electrons. The van der Waals surface area contributed by atoms with Crippen molar-refractivity contribution < 1.29 is 19.1 Å². The van der Waals surface area contributed by atoms with Crippen LogP contribution in [0.2, 0.25) is 0 Å². The van der Waals surface area contributed by atoms with E-state index < -0.39 is 0 Å². The molecule has 3 amide bonds. The van der Waals surface area contributed by atoms with Crippen LogP contribution in [0, 0.1) is 0 Å². The fourth-order valence-corrected chi connectivity index (χ4v) is 3.82. The molecule has 1 aromatic rings. The Labute approximate surface area is 160 Å². The summed E-state index contributed by atoms with van der Waals surface area (Å²) in [5.41, 5.74) is 0. The molecule has 2 fully saturated rings. The topological polar surface area (TPSA) is 89.3 Å². The van der Waals surface area contributed by atoms with E-state index in [-0.39, 0.29) is 24.6 Å². The molecule has 0 bridgehead atoms. The average molecular weight is 378 g/mol. The molecule has 2 aliphatic rings. The summed E-state index contributed by atoms with van der Waals surface area (Å²) in [5.74, 6) is 0.215. The van der Waals surface area contributed by atoms with Gasteiger partial charge in [0.2, 0.25) is 0 Å². The molecule has 0 spiro atoms. The van der Waals surface area contributed by atoms with Crippen molar-refractivity contribution in [2.75, 3.05) is 52.4 Å². The molecular weight excluding hydrogens is 348 g/mol. The first-order chi connectivity index (χ1) is 13.2. The second kappa shape index (κ2) is 9.75. The number of carbonyl (C=O) groups excluding carboxylic acids is 2. The smallest absolute Gasteiger partial charge is 0.317 e. The molecule has 0 aromatic carbocycles. The number of rotatable bonds is 6. The number of nitrogens with one attached hydrogen (secondary N) is 1. The van der Waals surface area contributed by atoms with E-state index >= 15 is 0 Å². The Morgan fingerprint density at radius 1 is 1.15 bits per heavy atom. The van der Waals surface area contributed by atoms with Crippen molar-refractivity contribution in [3.63, 3.8) is 0 Å². The highest BCUT2D eigenvalue weighted by Crippen LogP contribution is 2.16. The van der Waals surface area contributed by atoms with Crippen LogP contribution >= 0.6 is 0 Å². The molecule has 1 aromatic heterocycles. The van der Waals surface area contributed by atoms with Gasteiger partial charge in [-0.2, -0.15) is 0 Å². The number of piperazine rings is 1. The second-order valence-electron chi connectivity index (χ2n) is 7.21. The number of nitrogens with zero attached hydrogens (tertiary/aromatic N) is 3. The molecule has 2 saturated heterocycles. The summed E-state index contributed by atoms with van der Waals surface area (Å²) in [6, 6.07) is 3.56. The molecule has 8 nitrogen and oxygen atoms in total. The zero-order chi connectivity index (χ0) is 19.1. The van der Waals surface area contributed by atoms with Gasteiger partial charge in [-0.15, -0.1) is 0 Å². The van der Waals surface area contributed by atoms with Gasteiger partial charge >= 0.3 is 6.03 Å². The van der Waals surface area contributed by atoms with Crippen LogP contribution in [0.5, 0.6) is 0 Å².